The maximum atomic E-state index is 13.5. The zero-order valence-corrected chi connectivity index (χ0v) is 18.6. The molecule has 1 N–H and O–H groups in total. The Labute approximate surface area is 195 Å². The van der Waals surface area contributed by atoms with E-state index in [0.29, 0.717) is 35.5 Å². The first-order valence-corrected chi connectivity index (χ1v) is 11.1. The number of aromatic nitrogens is 1. The zero-order chi connectivity index (χ0) is 23.7. The lowest BCUT2D eigenvalue weighted by molar-refractivity contribution is -0.384. The van der Waals surface area contributed by atoms with Crippen LogP contribution in [-0.2, 0) is 10.2 Å². The van der Waals surface area contributed by atoms with E-state index >= 15 is 0 Å². The third-order valence-corrected chi connectivity index (χ3v) is 6.50. The quantitative estimate of drug-likeness (QED) is 0.287. The van der Waals surface area contributed by atoms with Gasteiger partial charge in [-0.15, -0.1) is 0 Å². The molecule has 3 aromatic carbocycles. The van der Waals surface area contributed by atoms with Crippen molar-refractivity contribution in [2.45, 2.75) is 31.1 Å². The molecule has 5 rings (SSSR count). The fourth-order valence-corrected chi connectivity index (χ4v) is 4.64. The number of nitrogens with one attached hydrogen (secondary N) is 1. The number of benzene rings is 3. The van der Waals surface area contributed by atoms with Gasteiger partial charge in [-0.1, -0.05) is 25.0 Å². The Kier molecular flexibility index (Phi) is 5.49. The van der Waals surface area contributed by atoms with Crippen LogP contribution in [0.5, 0.6) is 5.75 Å². The van der Waals surface area contributed by atoms with Crippen molar-refractivity contribution in [1.29, 1.82) is 0 Å². The second-order valence-corrected chi connectivity index (χ2v) is 8.48. The largest absolute Gasteiger partial charge is 0.497 e. The third-order valence-electron chi connectivity index (χ3n) is 6.50. The van der Waals surface area contributed by atoms with Crippen molar-refractivity contribution in [1.82, 2.24) is 4.98 Å². The van der Waals surface area contributed by atoms with E-state index in [0.717, 1.165) is 29.7 Å². The normalized spacial score (nSPS) is 14.7. The van der Waals surface area contributed by atoms with E-state index in [1.165, 1.54) is 12.1 Å². The van der Waals surface area contributed by atoms with Crippen LogP contribution < -0.4 is 10.1 Å². The number of hydrogen-bond acceptors (Lipinski definition) is 6. The summed E-state index contributed by atoms with van der Waals surface area (Å²) in [6.45, 7) is 0. The van der Waals surface area contributed by atoms with E-state index in [2.05, 4.69) is 10.3 Å². The highest BCUT2D eigenvalue weighted by molar-refractivity contribution is 6.00. The van der Waals surface area contributed by atoms with Crippen molar-refractivity contribution in [3.8, 4) is 17.2 Å². The van der Waals surface area contributed by atoms with E-state index < -0.39 is 10.3 Å². The number of anilines is 1. The van der Waals surface area contributed by atoms with Gasteiger partial charge in [-0.25, -0.2) is 4.98 Å². The molecule has 1 aliphatic carbocycles. The molecule has 0 bridgehead atoms. The molecular formula is C26H23N3O5. The summed E-state index contributed by atoms with van der Waals surface area (Å²) in [5.74, 6) is 1.12. The maximum absolute atomic E-state index is 13.5. The van der Waals surface area contributed by atoms with E-state index in [-0.39, 0.29) is 11.6 Å². The van der Waals surface area contributed by atoms with Crippen LogP contribution in [0.1, 0.15) is 31.2 Å². The zero-order valence-electron chi connectivity index (χ0n) is 18.6. The van der Waals surface area contributed by atoms with Crippen LogP contribution in [-0.4, -0.2) is 22.9 Å². The number of hydrogen-bond donors (Lipinski definition) is 1. The Morgan fingerprint density at radius 3 is 2.41 bits per heavy atom. The lowest BCUT2D eigenvalue weighted by atomic mass is 9.78. The summed E-state index contributed by atoms with van der Waals surface area (Å²) in [5, 5.41) is 14.1. The average molecular weight is 457 g/mol. The van der Waals surface area contributed by atoms with E-state index in [4.69, 9.17) is 9.15 Å². The molecule has 0 spiro atoms. The molecule has 8 heteroatoms. The Morgan fingerprint density at radius 1 is 1.06 bits per heavy atom. The third kappa shape index (κ3) is 3.87. The predicted octanol–water partition coefficient (Wildman–Crippen LogP) is 5.86. The molecule has 0 unspecified atom stereocenters. The van der Waals surface area contributed by atoms with Crippen LogP contribution in [0.4, 0.5) is 11.4 Å². The summed E-state index contributed by atoms with van der Waals surface area (Å²) in [4.78, 5) is 28.7. The number of oxazole rings is 1. The molecule has 34 heavy (non-hydrogen) atoms. The Balaban J connectivity index is 1.40. The highest BCUT2D eigenvalue weighted by Gasteiger charge is 2.42. The SMILES string of the molecule is COc1ccc(-c2nc3cc(NC(=O)C4(c5ccc([N+](=O)[O-])cc5)CCCC4)ccc3o2)cc1. The maximum Gasteiger partial charge on any atom is 0.269 e. The summed E-state index contributed by atoms with van der Waals surface area (Å²) in [6, 6.07) is 19.1. The molecule has 1 aromatic heterocycles. The van der Waals surface area contributed by atoms with Gasteiger partial charge in [-0.05, 0) is 60.9 Å². The topological polar surface area (TPSA) is 108 Å². The van der Waals surface area contributed by atoms with Crippen molar-refractivity contribution in [2.24, 2.45) is 0 Å². The standard InChI is InChI=1S/C26H23N3O5/c1-33-21-11-4-17(5-12-21)24-28-22-16-19(8-13-23(22)34-24)27-25(30)26(14-2-3-15-26)18-6-9-20(10-7-18)29(31)32/h4-13,16H,2-3,14-15H2,1H3,(H,27,30). The number of nitro benzene ring substituents is 1. The van der Waals surface area contributed by atoms with Crippen LogP contribution in [0.2, 0.25) is 0 Å². The van der Waals surface area contributed by atoms with Crippen LogP contribution in [0, 0.1) is 10.1 Å². The molecule has 0 saturated heterocycles. The number of nitrogens with zero attached hydrogens (tertiary/aromatic N) is 2. The molecule has 8 nitrogen and oxygen atoms in total. The Morgan fingerprint density at radius 2 is 1.76 bits per heavy atom. The highest BCUT2D eigenvalue weighted by atomic mass is 16.6. The molecule has 0 aliphatic heterocycles. The van der Waals surface area contributed by atoms with Crippen molar-refractivity contribution >= 4 is 28.4 Å². The van der Waals surface area contributed by atoms with Gasteiger partial charge in [0.15, 0.2) is 5.58 Å². The number of carbonyl (C=O) groups is 1. The Hall–Kier alpha value is -4.20. The second-order valence-electron chi connectivity index (χ2n) is 8.48. The van der Waals surface area contributed by atoms with Crippen LogP contribution in [0.3, 0.4) is 0 Å². The minimum Gasteiger partial charge on any atom is -0.497 e. The predicted molar refractivity (Wildman–Crippen MR) is 128 cm³/mol. The number of fused-ring (bicyclic) bond motifs is 1. The van der Waals surface area contributed by atoms with Crippen molar-refractivity contribution < 1.29 is 18.9 Å². The summed E-state index contributed by atoms with van der Waals surface area (Å²) in [7, 11) is 1.61. The van der Waals surface area contributed by atoms with Gasteiger partial charge in [0.25, 0.3) is 5.69 Å². The molecule has 1 aliphatic rings. The van der Waals surface area contributed by atoms with Crippen LogP contribution in [0.25, 0.3) is 22.6 Å². The first kappa shape index (κ1) is 21.6. The molecule has 0 radical (unpaired) electrons. The van der Waals surface area contributed by atoms with Gasteiger partial charge >= 0.3 is 0 Å². The number of nitro groups is 1. The Bertz CT molecular complexity index is 1350. The average Bonchev–Trinajstić information content (AvgIpc) is 3.52. The summed E-state index contributed by atoms with van der Waals surface area (Å²) >= 11 is 0. The van der Waals surface area contributed by atoms with E-state index in [1.807, 2.05) is 24.3 Å². The van der Waals surface area contributed by atoms with Crippen molar-refractivity contribution in [3.05, 3.63) is 82.4 Å². The molecule has 0 atom stereocenters. The number of ether oxygens (including phenoxy) is 1. The second kappa shape index (κ2) is 8.62. The number of non-ortho nitro benzene ring substituents is 1. The number of rotatable bonds is 6. The molecule has 172 valence electrons. The van der Waals surface area contributed by atoms with Gasteiger partial charge in [0.1, 0.15) is 11.3 Å². The van der Waals surface area contributed by atoms with E-state index in [1.54, 1.807) is 37.4 Å². The fraction of sp³-hybridized carbons (Fsp3) is 0.231. The molecular weight excluding hydrogens is 434 g/mol. The number of amides is 1. The van der Waals surface area contributed by atoms with Crippen molar-refractivity contribution in [3.63, 3.8) is 0 Å². The number of carbonyl (C=O) groups excluding carboxylic acids is 1. The molecule has 4 aromatic rings. The van der Waals surface area contributed by atoms with Crippen LogP contribution >= 0.6 is 0 Å². The van der Waals surface area contributed by atoms with Gasteiger partial charge in [0, 0.05) is 23.4 Å². The highest BCUT2D eigenvalue weighted by Crippen LogP contribution is 2.42. The monoisotopic (exact) mass is 457 g/mol. The molecule has 1 heterocycles. The molecule has 1 amide bonds. The summed E-state index contributed by atoms with van der Waals surface area (Å²) in [6.07, 6.45) is 3.25. The van der Waals surface area contributed by atoms with Gasteiger partial charge < -0.3 is 14.5 Å². The van der Waals surface area contributed by atoms with Gasteiger partial charge in [0.2, 0.25) is 11.8 Å². The summed E-state index contributed by atoms with van der Waals surface area (Å²) in [5.41, 5.74) is 2.82. The first-order chi connectivity index (χ1) is 16.5. The van der Waals surface area contributed by atoms with E-state index in [9.17, 15) is 14.9 Å². The van der Waals surface area contributed by atoms with Gasteiger partial charge in [-0.3, -0.25) is 14.9 Å². The van der Waals surface area contributed by atoms with Crippen LogP contribution in [0.15, 0.2) is 71.1 Å². The molecule has 1 fully saturated rings. The van der Waals surface area contributed by atoms with Gasteiger partial charge in [-0.2, -0.15) is 0 Å². The van der Waals surface area contributed by atoms with Gasteiger partial charge in [0.05, 0.1) is 17.4 Å². The smallest absolute Gasteiger partial charge is 0.269 e. The minimum atomic E-state index is -0.706. The lowest BCUT2D eigenvalue weighted by Gasteiger charge is -2.28. The minimum absolute atomic E-state index is 0.0152. The van der Waals surface area contributed by atoms with Crippen molar-refractivity contribution in [2.75, 3.05) is 12.4 Å². The lowest BCUT2D eigenvalue weighted by Crippen LogP contribution is -2.38. The number of methoxy groups -OCH3 is 1. The fourth-order valence-electron chi connectivity index (χ4n) is 4.64. The first-order valence-electron chi connectivity index (χ1n) is 11.1. The summed E-state index contributed by atoms with van der Waals surface area (Å²) < 4.78 is 11.1. The molecule has 1 saturated carbocycles.